The summed E-state index contributed by atoms with van der Waals surface area (Å²) >= 11 is 0. The van der Waals surface area contributed by atoms with E-state index in [1.807, 2.05) is 0 Å². The van der Waals surface area contributed by atoms with E-state index in [1.54, 1.807) is 48.5 Å². The number of benzene rings is 2. The van der Waals surface area contributed by atoms with Crippen LogP contribution in [0.3, 0.4) is 0 Å². The van der Waals surface area contributed by atoms with Crippen LogP contribution in [0, 0.1) is 0 Å². The Kier molecular flexibility index (Phi) is 5.60. The predicted molar refractivity (Wildman–Crippen MR) is 103 cm³/mol. The lowest BCUT2D eigenvalue weighted by Gasteiger charge is -2.14. The summed E-state index contributed by atoms with van der Waals surface area (Å²) in [5, 5.41) is 0. The van der Waals surface area contributed by atoms with Crippen LogP contribution >= 0.6 is 0 Å². The van der Waals surface area contributed by atoms with E-state index in [4.69, 9.17) is 9.47 Å². The number of alkyl halides is 2. The lowest BCUT2D eigenvalue weighted by molar-refractivity contribution is 0.152. The van der Waals surface area contributed by atoms with Gasteiger partial charge in [0.1, 0.15) is 23.8 Å². The minimum absolute atomic E-state index is 0.0664. The zero-order valence-corrected chi connectivity index (χ0v) is 15.7. The molecule has 2 aromatic rings. The highest BCUT2D eigenvalue weighted by Gasteiger charge is 2.29. The van der Waals surface area contributed by atoms with Gasteiger partial charge < -0.3 is 9.47 Å². The smallest absolute Gasteiger partial charge is 0.395 e. The molecule has 148 valence electrons. The number of hydrogen-bond acceptors (Lipinski definition) is 3. The fraction of sp³-hybridized carbons (Fsp3) is 0.435. The standard InChI is InChI=1S/C23H24F2O3/c24-21-5-1-3-19(21)15-7-11-17(12-8-15)27-23(26)28-18-13-9-16(10-14-18)20-4-2-6-22(20)25/h7-14,19-22H,1-6H2. The maximum atomic E-state index is 13.8. The molecule has 0 N–H and O–H groups in total. The average Bonchev–Trinajstić information content (AvgIpc) is 3.31. The second-order valence-corrected chi connectivity index (χ2v) is 7.70. The first kappa shape index (κ1) is 18.9. The molecule has 4 atom stereocenters. The molecule has 0 spiro atoms. The molecule has 2 aliphatic rings. The van der Waals surface area contributed by atoms with Crippen molar-refractivity contribution < 1.29 is 23.0 Å². The topological polar surface area (TPSA) is 35.5 Å². The Morgan fingerprint density at radius 3 is 1.39 bits per heavy atom. The van der Waals surface area contributed by atoms with E-state index in [2.05, 4.69) is 0 Å². The molecule has 2 saturated carbocycles. The van der Waals surface area contributed by atoms with Gasteiger partial charge in [0.05, 0.1) is 0 Å². The number of carbonyl (C=O) groups excluding carboxylic acids is 1. The van der Waals surface area contributed by atoms with E-state index in [-0.39, 0.29) is 11.8 Å². The van der Waals surface area contributed by atoms with Gasteiger partial charge in [-0.05, 0) is 73.9 Å². The van der Waals surface area contributed by atoms with Crippen molar-refractivity contribution >= 4 is 6.16 Å². The minimum Gasteiger partial charge on any atom is -0.395 e. The Balaban J connectivity index is 1.32. The molecule has 0 heterocycles. The van der Waals surface area contributed by atoms with Crippen molar-refractivity contribution in [1.82, 2.24) is 0 Å². The Labute approximate surface area is 163 Å². The highest BCUT2D eigenvalue weighted by Crippen LogP contribution is 2.38. The van der Waals surface area contributed by atoms with Crippen molar-refractivity contribution in [2.45, 2.75) is 62.7 Å². The molecule has 0 aromatic heterocycles. The first-order valence-corrected chi connectivity index (χ1v) is 9.98. The molecule has 5 heteroatoms. The van der Waals surface area contributed by atoms with Gasteiger partial charge in [-0.25, -0.2) is 13.6 Å². The lowest BCUT2D eigenvalue weighted by Crippen LogP contribution is -2.14. The fourth-order valence-electron chi connectivity index (χ4n) is 4.36. The molecule has 28 heavy (non-hydrogen) atoms. The maximum absolute atomic E-state index is 13.8. The Hall–Kier alpha value is -2.43. The summed E-state index contributed by atoms with van der Waals surface area (Å²) in [7, 11) is 0. The van der Waals surface area contributed by atoms with E-state index in [9.17, 15) is 13.6 Å². The van der Waals surface area contributed by atoms with Crippen molar-refractivity contribution in [3.05, 3.63) is 59.7 Å². The summed E-state index contributed by atoms with van der Waals surface area (Å²) in [5.74, 6) is 0.571. The summed E-state index contributed by atoms with van der Waals surface area (Å²) in [6, 6.07) is 13.8. The van der Waals surface area contributed by atoms with Crippen LogP contribution in [0.25, 0.3) is 0 Å². The third kappa shape index (κ3) is 4.18. The van der Waals surface area contributed by atoms with Crippen molar-refractivity contribution in [1.29, 1.82) is 0 Å². The minimum atomic E-state index is -0.839. The molecule has 0 aliphatic heterocycles. The first-order chi connectivity index (χ1) is 13.6. The van der Waals surface area contributed by atoms with Crippen LogP contribution in [-0.4, -0.2) is 18.5 Å². The molecule has 0 bridgehead atoms. The summed E-state index contributed by atoms with van der Waals surface area (Å²) in [5.41, 5.74) is 1.86. The van der Waals surface area contributed by atoms with Crippen LogP contribution in [0.15, 0.2) is 48.5 Å². The number of rotatable bonds is 4. The molecular formula is C23H24F2O3. The summed E-state index contributed by atoms with van der Waals surface area (Å²) in [6.45, 7) is 0. The van der Waals surface area contributed by atoms with Gasteiger partial charge in [-0.1, -0.05) is 24.3 Å². The van der Waals surface area contributed by atoms with E-state index in [0.717, 1.165) is 36.8 Å². The second kappa shape index (κ2) is 8.29. The quantitative estimate of drug-likeness (QED) is 0.446. The molecule has 4 rings (SSSR count). The van der Waals surface area contributed by atoms with E-state index in [0.29, 0.717) is 24.3 Å². The van der Waals surface area contributed by atoms with E-state index < -0.39 is 18.5 Å². The monoisotopic (exact) mass is 386 g/mol. The van der Waals surface area contributed by atoms with E-state index in [1.165, 1.54) is 0 Å². The van der Waals surface area contributed by atoms with Gasteiger partial charge in [0.25, 0.3) is 0 Å². The van der Waals surface area contributed by atoms with Crippen molar-refractivity contribution in [2.75, 3.05) is 0 Å². The highest BCUT2D eigenvalue weighted by molar-refractivity contribution is 5.67. The molecular weight excluding hydrogens is 362 g/mol. The van der Waals surface area contributed by atoms with Crippen LogP contribution in [-0.2, 0) is 0 Å². The van der Waals surface area contributed by atoms with Crippen LogP contribution in [0.5, 0.6) is 11.5 Å². The van der Waals surface area contributed by atoms with Crippen LogP contribution < -0.4 is 9.47 Å². The van der Waals surface area contributed by atoms with Crippen LogP contribution in [0.4, 0.5) is 13.6 Å². The number of ether oxygens (including phenoxy) is 2. The third-order valence-electron chi connectivity index (χ3n) is 5.88. The largest absolute Gasteiger partial charge is 0.519 e. The molecule has 0 saturated heterocycles. The Bertz CT molecular complexity index is 736. The molecule has 2 fully saturated rings. The summed E-state index contributed by atoms with van der Waals surface area (Å²) in [4.78, 5) is 12.0. The molecule has 2 aromatic carbocycles. The fourth-order valence-corrected chi connectivity index (χ4v) is 4.36. The highest BCUT2D eigenvalue weighted by atomic mass is 19.1. The second-order valence-electron chi connectivity index (χ2n) is 7.70. The predicted octanol–water partition coefficient (Wildman–Crippen LogP) is 6.48. The number of halogens is 2. The summed E-state index contributed by atoms with van der Waals surface area (Å²) < 4.78 is 38.1. The molecule has 2 aliphatic carbocycles. The van der Waals surface area contributed by atoms with Crippen molar-refractivity contribution in [3.8, 4) is 11.5 Å². The third-order valence-corrected chi connectivity index (χ3v) is 5.88. The van der Waals surface area contributed by atoms with Gasteiger partial charge >= 0.3 is 6.16 Å². The normalized spacial score (nSPS) is 26.9. The molecule has 0 radical (unpaired) electrons. The SMILES string of the molecule is O=C(Oc1ccc(C2CCCC2F)cc1)Oc1ccc(C2CCCC2F)cc1. The van der Waals surface area contributed by atoms with Crippen LogP contribution in [0.1, 0.15) is 61.5 Å². The zero-order valence-electron chi connectivity index (χ0n) is 15.7. The Morgan fingerprint density at radius 1 is 0.679 bits per heavy atom. The molecule has 0 amide bonds. The van der Waals surface area contributed by atoms with Gasteiger partial charge in [0.15, 0.2) is 0 Å². The van der Waals surface area contributed by atoms with Gasteiger partial charge in [-0.2, -0.15) is 0 Å². The van der Waals surface area contributed by atoms with Crippen LogP contribution in [0.2, 0.25) is 0 Å². The Morgan fingerprint density at radius 2 is 1.07 bits per heavy atom. The zero-order chi connectivity index (χ0) is 19.5. The van der Waals surface area contributed by atoms with Crippen molar-refractivity contribution in [2.24, 2.45) is 0 Å². The van der Waals surface area contributed by atoms with Gasteiger partial charge in [0.2, 0.25) is 0 Å². The van der Waals surface area contributed by atoms with Gasteiger partial charge in [0, 0.05) is 11.8 Å². The number of hydrogen-bond donors (Lipinski definition) is 0. The van der Waals surface area contributed by atoms with Crippen molar-refractivity contribution in [3.63, 3.8) is 0 Å². The summed E-state index contributed by atoms with van der Waals surface area (Å²) in [6.07, 6.45) is 2.31. The van der Waals surface area contributed by atoms with Gasteiger partial charge in [-0.15, -0.1) is 0 Å². The lowest BCUT2D eigenvalue weighted by atomic mass is 9.96. The molecule has 3 nitrogen and oxygen atoms in total. The maximum Gasteiger partial charge on any atom is 0.519 e. The van der Waals surface area contributed by atoms with E-state index >= 15 is 0 Å². The van der Waals surface area contributed by atoms with Gasteiger partial charge in [-0.3, -0.25) is 0 Å². The average molecular weight is 386 g/mol. The number of carbonyl (C=O) groups is 1. The first-order valence-electron chi connectivity index (χ1n) is 9.98. The molecule has 4 unspecified atom stereocenters.